The van der Waals surface area contributed by atoms with Crippen LogP contribution in [0.3, 0.4) is 0 Å². The summed E-state index contributed by atoms with van der Waals surface area (Å²) in [5.74, 6) is 0.354. The van der Waals surface area contributed by atoms with Crippen molar-refractivity contribution in [2.75, 3.05) is 12.4 Å². The Morgan fingerprint density at radius 3 is 2.86 bits per heavy atom. The number of rotatable bonds is 5. The third kappa shape index (κ3) is 3.93. The van der Waals surface area contributed by atoms with Crippen molar-refractivity contribution >= 4 is 28.7 Å². The van der Waals surface area contributed by atoms with E-state index in [1.54, 1.807) is 0 Å². The normalized spacial score (nSPS) is 9.95. The van der Waals surface area contributed by atoms with E-state index in [2.05, 4.69) is 10.6 Å². The van der Waals surface area contributed by atoms with Gasteiger partial charge in [-0.05, 0) is 17.5 Å². The van der Waals surface area contributed by atoms with E-state index in [0.717, 1.165) is 4.88 Å². The lowest BCUT2D eigenvalue weighted by molar-refractivity contribution is -0.384. The summed E-state index contributed by atoms with van der Waals surface area (Å²) < 4.78 is 5.07. The van der Waals surface area contributed by atoms with Crippen molar-refractivity contribution in [2.45, 2.75) is 6.54 Å². The fraction of sp³-hybridized carbons (Fsp3) is 0.154. The van der Waals surface area contributed by atoms with E-state index in [1.807, 2.05) is 17.5 Å². The molecule has 21 heavy (non-hydrogen) atoms. The number of methoxy groups -OCH3 is 1. The van der Waals surface area contributed by atoms with Gasteiger partial charge >= 0.3 is 6.03 Å². The average Bonchev–Trinajstić information content (AvgIpc) is 2.98. The second-order valence-corrected chi connectivity index (χ2v) is 5.06. The molecule has 2 aromatic rings. The number of nitrogens with zero attached hydrogens (tertiary/aromatic N) is 1. The molecule has 8 heteroatoms. The lowest BCUT2D eigenvalue weighted by atomic mass is 10.2. The number of non-ortho nitro benzene ring substituents is 1. The van der Waals surface area contributed by atoms with Gasteiger partial charge in [0.05, 0.1) is 24.3 Å². The summed E-state index contributed by atoms with van der Waals surface area (Å²) >= 11 is 1.53. The Balaban J connectivity index is 2.04. The lowest BCUT2D eigenvalue weighted by Gasteiger charge is -2.10. The molecule has 0 atom stereocenters. The predicted octanol–water partition coefficient (Wildman–Crippen LogP) is 2.99. The third-order valence-corrected chi connectivity index (χ3v) is 3.52. The van der Waals surface area contributed by atoms with Crippen molar-refractivity contribution in [1.82, 2.24) is 5.32 Å². The predicted molar refractivity (Wildman–Crippen MR) is 79.8 cm³/mol. The molecule has 0 aliphatic heterocycles. The Kier molecular flexibility index (Phi) is 4.72. The van der Waals surface area contributed by atoms with Crippen LogP contribution in [0.15, 0.2) is 35.7 Å². The van der Waals surface area contributed by atoms with Crippen molar-refractivity contribution in [3.8, 4) is 5.75 Å². The first-order valence-electron chi connectivity index (χ1n) is 6.00. The van der Waals surface area contributed by atoms with Gasteiger partial charge in [0.2, 0.25) is 0 Å². The summed E-state index contributed by atoms with van der Waals surface area (Å²) in [6.45, 7) is 0.390. The first-order chi connectivity index (χ1) is 10.1. The second-order valence-electron chi connectivity index (χ2n) is 4.03. The molecular weight excluding hydrogens is 294 g/mol. The molecule has 1 aromatic heterocycles. The number of hydrogen-bond acceptors (Lipinski definition) is 5. The number of carbonyl (C=O) groups excluding carboxylic acids is 1. The standard InChI is InChI=1S/C13H13N3O4S/c1-20-12-5-4-9(16(18)19)7-11(12)15-13(17)14-8-10-3-2-6-21-10/h2-7H,8H2,1H3,(H2,14,15,17). The minimum Gasteiger partial charge on any atom is -0.495 e. The Hall–Kier alpha value is -2.61. The maximum atomic E-state index is 11.8. The molecule has 2 N–H and O–H groups in total. The molecule has 0 fully saturated rings. The zero-order chi connectivity index (χ0) is 15.2. The van der Waals surface area contributed by atoms with Crippen LogP contribution in [-0.2, 0) is 6.54 Å². The maximum Gasteiger partial charge on any atom is 0.319 e. The summed E-state index contributed by atoms with van der Waals surface area (Å²) in [4.78, 5) is 23.0. The molecule has 0 bridgehead atoms. The number of nitrogens with one attached hydrogen (secondary N) is 2. The van der Waals surface area contributed by atoms with Gasteiger partial charge in [0, 0.05) is 17.0 Å². The molecule has 2 rings (SSSR count). The Bertz CT molecular complexity index is 643. The molecule has 0 aliphatic carbocycles. The maximum absolute atomic E-state index is 11.8. The monoisotopic (exact) mass is 307 g/mol. The number of anilines is 1. The van der Waals surface area contributed by atoms with Gasteiger partial charge in [-0.2, -0.15) is 0 Å². The van der Waals surface area contributed by atoms with Gasteiger partial charge in [0.15, 0.2) is 0 Å². The summed E-state index contributed by atoms with van der Waals surface area (Å²) in [5.41, 5.74) is 0.125. The van der Waals surface area contributed by atoms with E-state index < -0.39 is 11.0 Å². The van der Waals surface area contributed by atoms with Crippen LogP contribution in [0, 0.1) is 10.1 Å². The van der Waals surface area contributed by atoms with Gasteiger partial charge < -0.3 is 15.4 Å². The van der Waals surface area contributed by atoms with Crippen LogP contribution >= 0.6 is 11.3 Å². The summed E-state index contributed by atoms with van der Waals surface area (Å²) in [5, 5.41) is 17.9. The van der Waals surface area contributed by atoms with Gasteiger partial charge in [-0.25, -0.2) is 4.79 Å². The minimum atomic E-state index is -0.534. The Morgan fingerprint density at radius 2 is 2.24 bits per heavy atom. The number of ether oxygens (including phenoxy) is 1. The third-order valence-electron chi connectivity index (χ3n) is 2.65. The molecule has 1 aromatic carbocycles. The van der Waals surface area contributed by atoms with Crippen LogP contribution in [0.5, 0.6) is 5.75 Å². The van der Waals surface area contributed by atoms with Crippen molar-refractivity contribution < 1.29 is 14.5 Å². The average molecular weight is 307 g/mol. The van der Waals surface area contributed by atoms with Gasteiger partial charge in [0.1, 0.15) is 5.75 Å². The summed E-state index contributed by atoms with van der Waals surface area (Å²) in [7, 11) is 1.43. The molecule has 0 unspecified atom stereocenters. The highest BCUT2D eigenvalue weighted by Gasteiger charge is 2.13. The highest BCUT2D eigenvalue weighted by molar-refractivity contribution is 7.09. The van der Waals surface area contributed by atoms with E-state index in [9.17, 15) is 14.9 Å². The molecule has 0 spiro atoms. The van der Waals surface area contributed by atoms with E-state index >= 15 is 0 Å². The largest absolute Gasteiger partial charge is 0.495 e. The fourth-order valence-electron chi connectivity index (χ4n) is 1.65. The number of thiophene rings is 1. The van der Waals surface area contributed by atoms with E-state index in [1.165, 1.54) is 36.6 Å². The molecule has 0 radical (unpaired) electrons. The topological polar surface area (TPSA) is 93.5 Å². The van der Waals surface area contributed by atoms with Gasteiger partial charge in [-0.3, -0.25) is 10.1 Å². The molecule has 0 saturated carbocycles. The van der Waals surface area contributed by atoms with Crippen molar-refractivity contribution in [2.24, 2.45) is 0 Å². The number of amides is 2. The van der Waals surface area contributed by atoms with Crippen LogP contribution in [0.2, 0.25) is 0 Å². The fourth-order valence-corrected chi connectivity index (χ4v) is 2.30. The molecular formula is C13H13N3O4S. The Labute approximate surface area is 124 Å². The van der Waals surface area contributed by atoms with Crippen LogP contribution in [0.1, 0.15) is 4.88 Å². The molecule has 7 nitrogen and oxygen atoms in total. The van der Waals surface area contributed by atoms with Crippen molar-refractivity contribution in [3.05, 3.63) is 50.7 Å². The number of carbonyl (C=O) groups is 1. The number of benzene rings is 1. The zero-order valence-electron chi connectivity index (χ0n) is 11.2. The van der Waals surface area contributed by atoms with E-state index in [-0.39, 0.29) is 11.4 Å². The van der Waals surface area contributed by atoms with E-state index in [4.69, 9.17) is 4.74 Å². The van der Waals surface area contributed by atoms with Crippen LogP contribution in [0.25, 0.3) is 0 Å². The van der Waals surface area contributed by atoms with Crippen LogP contribution in [-0.4, -0.2) is 18.1 Å². The van der Waals surface area contributed by atoms with Crippen LogP contribution in [0.4, 0.5) is 16.2 Å². The number of hydrogen-bond donors (Lipinski definition) is 2. The smallest absolute Gasteiger partial charge is 0.319 e. The summed E-state index contributed by atoms with van der Waals surface area (Å²) in [6.07, 6.45) is 0. The van der Waals surface area contributed by atoms with Gasteiger partial charge in [0.25, 0.3) is 5.69 Å². The second kappa shape index (κ2) is 6.71. The molecule has 0 saturated heterocycles. The van der Waals surface area contributed by atoms with Gasteiger partial charge in [-0.15, -0.1) is 11.3 Å². The van der Waals surface area contributed by atoms with Crippen molar-refractivity contribution in [3.63, 3.8) is 0 Å². The Morgan fingerprint density at radius 1 is 1.43 bits per heavy atom. The van der Waals surface area contributed by atoms with Crippen molar-refractivity contribution in [1.29, 1.82) is 0 Å². The number of urea groups is 1. The lowest BCUT2D eigenvalue weighted by Crippen LogP contribution is -2.28. The zero-order valence-corrected chi connectivity index (χ0v) is 12.0. The highest BCUT2D eigenvalue weighted by Crippen LogP contribution is 2.28. The van der Waals surface area contributed by atoms with Gasteiger partial charge in [-0.1, -0.05) is 6.07 Å². The molecule has 2 amide bonds. The number of nitro benzene ring substituents is 1. The minimum absolute atomic E-state index is 0.121. The summed E-state index contributed by atoms with van der Waals surface area (Å²) in [6, 6.07) is 7.34. The number of nitro groups is 1. The highest BCUT2D eigenvalue weighted by atomic mass is 32.1. The quantitative estimate of drug-likeness (QED) is 0.656. The SMILES string of the molecule is COc1ccc([N+](=O)[O-])cc1NC(=O)NCc1cccs1. The molecule has 0 aliphatic rings. The first kappa shape index (κ1) is 14.8. The molecule has 1 heterocycles. The molecule has 110 valence electrons. The van der Waals surface area contributed by atoms with E-state index in [0.29, 0.717) is 12.3 Å². The first-order valence-corrected chi connectivity index (χ1v) is 6.88. The van der Waals surface area contributed by atoms with Crippen LogP contribution < -0.4 is 15.4 Å².